The summed E-state index contributed by atoms with van der Waals surface area (Å²) in [5.41, 5.74) is -0.825. The van der Waals surface area contributed by atoms with E-state index in [1.54, 1.807) is 6.92 Å². The van der Waals surface area contributed by atoms with Gasteiger partial charge in [0.05, 0.1) is 0 Å². The number of rotatable bonds is 1. The quantitative estimate of drug-likeness (QED) is 0.317. The van der Waals surface area contributed by atoms with Crippen molar-refractivity contribution in [3.05, 3.63) is 11.3 Å². The smallest absolute Gasteiger partial charge is 0.352 e. The van der Waals surface area contributed by atoms with Gasteiger partial charge >= 0.3 is 11.9 Å². The minimum atomic E-state index is -1.26. The maximum absolute atomic E-state index is 11.6. The van der Waals surface area contributed by atoms with Crippen LogP contribution in [0.1, 0.15) is 33.6 Å². The van der Waals surface area contributed by atoms with E-state index in [-0.39, 0.29) is 11.3 Å². The van der Waals surface area contributed by atoms with Crippen molar-refractivity contribution in [1.82, 2.24) is 0 Å². The van der Waals surface area contributed by atoms with Crippen molar-refractivity contribution < 1.29 is 24.2 Å². The summed E-state index contributed by atoms with van der Waals surface area (Å²) in [7, 11) is 0. The van der Waals surface area contributed by atoms with E-state index in [2.05, 4.69) is 0 Å². The fourth-order valence-corrected chi connectivity index (χ4v) is 1.57. The van der Waals surface area contributed by atoms with Gasteiger partial charge in [-0.05, 0) is 12.8 Å². The molecule has 1 saturated carbocycles. The Kier molecular flexibility index (Phi) is 2.05. The number of carbonyl (C=O) groups excluding carboxylic acids is 2. The molecule has 1 aliphatic carbocycles. The van der Waals surface area contributed by atoms with E-state index >= 15 is 0 Å². The Hall–Kier alpha value is -1.52. The maximum Gasteiger partial charge on any atom is 0.352 e. The predicted octanol–water partition coefficient (Wildman–Crippen LogP) is 1.43. The Morgan fingerprint density at radius 1 is 1.12 bits per heavy atom. The highest BCUT2D eigenvalue weighted by atomic mass is 16.7. The molecular weight excluding hydrogens is 212 g/mol. The molecule has 2 rings (SSSR count). The molecule has 0 aromatic rings. The molecule has 1 aliphatic heterocycles. The number of aliphatic hydroxyl groups is 1. The average Bonchev–Trinajstić information content (AvgIpc) is 2.80. The zero-order chi connectivity index (χ0) is 12.1. The molecule has 5 heteroatoms. The topological polar surface area (TPSA) is 72.8 Å². The number of esters is 2. The second-order valence-electron chi connectivity index (χ2n) is 4.96. The van der Waals surface area contributed by atoms with Crippen LogP contribution in [-0.4, -0.2) is 22.8 Å². The van der Waals surface area contributed by atoms with Gasteiger partial charge in [-0.25, -0.2) is 9.59 Å². The summed E-state index contributed by atoms with van der Waals surface area (Å²) in [4.78, 5) is 23.2. The molecule has 0 bridgehead atoms. The zero-order valence-corrected chi connectivity index (χ0v) is 9.49. The van der Waals surface area contributed by atoms with Crippen LogP contribution in [0.2, 0.25) is 0 Å². The summed E-state index contributed by atoms with van der Waals surface area (Å²) in [6, 6.07) is 0. The van der Waals surface area contributed by atoms with Crippen LogP contribution in [0.3, 0.4) is 0 Å². The molecular formula is C11H14O5. The lowest BCUT2D eigenvalue weighted by atomic mass is 10.0. The third-order valence-electron chi connectivity index (χ3n) is 2.89. The van der Waals surface area contributed by atoms with Gasteiger partial charge in [-0.2, -0.15) is 0 Å². The van der Waals surface area contributed by atoms with Gasteiger partial charge in [0.2, 0.25) is 0 Å². The van der Waals surface area contributed by atoms with E-state index < -0.39 is 23.1 Å². The van der Waals surface area contributed by atoms with Gasteiger partial charge in [-0.3, -0.25) is 0 Å². The van der Waals surface area contributed by atoms with Gasteiger partial charge in [0.15, 0.2) is 5.57 Å². The van der Waals surface area contributed by atoms with Gasteiger partial charge < -0.3 is 14.6 Å². The molecule has 0 aromatic carbocycles. The van der Waals surface area contributed by atoms with Gasteiger partial charge in [0.25, 0.3) is 5.79 Å². The number of carbonyl (C=O) groups is 2. The van der Waals surface area contributed by atoms with E-state index in [1.807, 2.05) is 0 Å². The molecule has 88 valence electrons. The van der Waals surface area contributed by atoms with Gasteiger partial charge in [0, 0.05) is 19.3 Å². The zero-order valence-electron chi connectivity index (χ0n) is 9.49. The predicted molar refractivity (Wildman–Crippen MR) is 53.3 cm³/mol. The standard InChI is InChI=1S/C11H14O5/c1-10(2)15-8(13)6(9(14)16-10)7(12)11(3)4-5-11/h12H,4-5H2,1-3H3. The molecule has 1 saturated heterocycles. The van der Waals surface area contributed by atoms with Crippen LogP contribution in [0.25, 0.3) is 0 Å². The lowest BCUT2D eigenvalue weighted by Gasteiger charge is -2.30. The number of ether oxygens (including phenoxy) is 2. The van der Waals surface area contributed by atoms with Crippen LogP contribution < -0.4 is 0 Å². The molecule has 1 N–H and O–H groups in total. The number of aliphatic hydroxyl groups excluding tert-OH is 1. The Morgan fingerprint density at radius 3 is 1.94 bits per heavy atom. The summed E-state index contributed by atoms with van der Waals surface area (Å²) in [5, 5.41) is 9.86. The highest BCUT2D eigenvalue weighted by Gasteiger charge is 2.49. The first-order valence-corrected chi connectivity index (χ1v) is 5.16. The van der Waals surface area contributed by atoms with Crippen molar-refractivity contribution in [3.63, 3.8) is 0 Å². The fraction of sp³-hybridized carbons (Fsp3) is 0.636. The van der Waals surface area contributed by atoms with Crippen molar-refractivity contribution in [1.29, 1.82) is 0 Å². The molecule has 0 amide bonds. The van der Waals surface area contributed by atoms with Crippen molar-refractivity contribution >= 4 is 11.9 Å². The molecule has 0 atom stereocenters. The van der Waals surface area contributed by atoms with Gasteiger partial charge in [0.1, 0.15) is 5.76 Å². The van der Waals surface area contributed by atoms with E-state index in [0.717, 1.165) is 12.8 Å². The van der Waals surface area contributed by atoms with E-state index in [1.165, 1.54) is 13.8 Å². The summed E-state index contributed by atoms with van der Waals surface area (Å²) in [6.07, 6.45) is 1.51. The van der Waals surface area contributed by atoms with Crippen molar-refractivity contribution in [2.75, 3.05) is 0 Å². The number of hydrogen-bond acceptors (Lipinski definition) is 5. The number of hydrogen-bond donors (Lipinski definition) is 1. The van der Waals surface area contributed by atoms with Crippen LogP contribution >= 0.6 is 0 Å². The minimum absolute atomic E-state index is 0.210. The normalized spacial score (nSPS) is 25.8. The van der Waals surface area contributed by atoms with Crippen LogP contribution in [0.4, 0.5) is 0 Å². The van der Waals surface area contributed by atoms with Crippen molar-refractivity contribution in [2.45, 2.75) is 39.4 Å². The Balaban J connectivity index is 2.36. The van der Waals surface area contributed by atoms with E-state index in [0.29, 0.717) is 0 Å². The summed E-state index contributed by atoms with van der Waals surface area (Å²) < 4.78 is 9.80. The first-order chi connectivity index (χ1) is 7.25. The molecule has 5 nitrogen and oxygen atoms in total. The maximum atomic E-state index is 11.6. The third kappa shape index (κ3) is 1.66. The van der Waals surface area contributed by atoms with Gasteiger partial charge in [-0.1, -0.05) is 6.92 Å². The lowest BCUT2D eigenvalue weighted by molar-refractivity contribution is -0.222. The fourth-order valence-electron chi connectivity index (χ4n) is 1.57. The lowest BCUT2D eigenvalue weighted by Crippen LogP contribution is -2.42. The molecule has 0 spiro atoms. The summed E-state index contributed by atoms with van der Waals surface area (Å²) in [5.74, 6) is -3.10. The second-order valence-corrected chi connectivity index (χ2v) is 4.96. The van der Waals surface area contributed by atoms with Crippen LogP contribution in [0, 0.1) is 5.41 Å². The summed E-state index contributed by atoms with van der Waals surface area (Å²) >= 11 is 0. The molecule has 1 heterocycles. The first-order valence-electron chi connectivity index (χ1n) is 5.16. The average molecular weight is 226 g/mol. The molecule has 0 unspecified atom stereocenters. The largest absolute Gasteiger partial charge is 0.511 e. The Bertz CT molecular complexity index is 379. The van der Waals surface area contributed by atoms with E-state index in [4.69, 9.17) is 9.47 Å². The molecule has 0 radical (unpaired) electrons. The van der Waals surface area contributed by atoms with Crippen LogP contribution in [0.15, 0.2) is 11.3 Å². The van der Waals surface area contributed by atoms with Gasteiger partial charge in [-0.15, -0.1) is 0 Å². The van der Waals surface area contributed by atoms with E-state index in [9.17, 15) is 14.7 Å². The van der Waals surface area contributed by atoms with Crippen molar-refractivity contribution in [3.8, 4) is 0 Å². The monoisotopic (exact) mass is 226 g/mol. The highest BCUT2D eigenvalue weighted by Crippen LogP contribution is 2.51. The third-order valence-corrected chi connectivity index (χ3v) is 2.89. The highest BCUT2D eigenvalue weighted by molar-refractivity contribution is 6.15. The minimum Gasteiger partial charge on any atom is -0.511 e. The molecule has 2 aliphatic rings. The first kappa shape index (κ1) is 11.0. The number of allylic oxidation sites excluding steroid dienone is 1. The Labute approximate surface area is 93.0 Å². The van der Waals surface area contributed by atoms with Crippen molar-refractivity contribution in [2.24, 2.45) is 5.41 Å². The SMILES string of the molecule is CC1(C)OC(=O)C(=C(O)C2(C)CC2)C(=O)O1. The number of cyclic esters (lactones) is 2. The Morgan fingerprint density at radius 2 is 1.56 bits per heavy atom. The molecule has 16 heavy (non-hydrogen) atoms. The second kappa shape index (κ2) is 2.99. The summed E-state index contributed by atoms with van der Waals surface area (Å²) in [6.45, 7) is 4.72. The molecule has 0 aromatic heterocycles. The van der Waals surface area contributed by atoms with Crippen LogP contribution in [0.5, 0.6) is 0 Å². The van der Waals surface area contributed by atoms with Crippen LogP contribution in [-0.2, 0) is 19.1 Å². The molecule has 2 fully saturated rings.